The van der Waals surface area contributed by atoms with Gasteiger partial charge in [-0.1, -0.05) is 181 Å². The van der Waals surface area contributed by atoms with Gasteiger partial charge in [0.1, 0.15) is 0 Å². The molecule has 0 aliphatic heterocycles. The zero-order valence-corrected chi connectivity index (χ0v) is 25.2. The number of esters is 1. The molecule has 0 heterocycles. The van der Waals surface area contributed by atoms with Crippen LogP contribution in [0.2, 0.25) is 0 Å². The molecule has 0 unspecified atom stereocenters. The SMILES string of the molecule is C=C(C)C(=O)OCCCCCCCCCCCCCCCCCCCCCCCCCCCC(C)C. The molecule has 0 bridgehead atoms. The highest BCUT2D eigenvalue weighted by Crippen LogP contribution is 2.16. The van der Waals surface area contributed by atoms with Crippen molar-refractivity contribution in [3.05, 3.63) is 12.2 Å². The summed E-state index contributed by atoms with van der Waals surface area (Å²) in [4.78, 5) is 11.3. The van der Waals surface area contributed by atoms with Gasteiger partial charge in [0.05, 0.1) is 6.61 Å². The lowest BCUT2D eigenvalue weighted by molar-refractivity contribution is -0.139. The van der Waals surface area contributed by atoms with Crippen LogP contribution in [-0.4, -0.2) is 12.6 Å². The van der Waals surface area contributed by atoms with Gasteiger partial charge >= 0.3 is 5.97 Å². The fraction of sp³-hybridized carbons (Fsp3) is 0.912. The minimum Gasteiger partial charge on any atom is -0.462 e. The average molecular weight is 507 g/mol. The first-order valence-corrected chi connectivity index (χ1v) is 16.4. The Morgan fingerprint density at radius 1 is 0.500 bits per heavy atom. The number of hydrogen-bond acceptors (Lipinski definition) is 2. The molecule has 2 heteroatoms. The number of unbranched alkanes of at least 4 members (excludes halogenated alkanes) is 24. The topological polar surface area (TPSA) is 26.3 Å². The van der Waals surface area contributed by atoms with E-state index in [9.17, 15) is 4.79 Å². The second-order valence-corrected chi connectivity index (χ2v) is 11.9. The summed E-state index contributed by atoms with van der Waals surface area (Å²) < 4.78 is 5.12. The molecule has 0 fully saturated rings. The highest BCUT2D eigenvalue weighted by molar-refractivity contribution is 5.86. The number of carbonyl (C=O) groups excluding carboxylic acids is 1. The van der Waals surface area contributed by atoms with Gasteiger partial charge in [-0.25, -0.2) is 4.79 Å². The third-order valence-corrected chi connectivity index (χ3v) is 7.51. The number of rotatable bonds is 29. The Balaban J connectivity index is 3.06. The van der Waals surface area contributed by atoms with E-state index in [1.807, 2.05) is 0 Å². The summed E-state index contributed by atoms with van der Waals surface area (Å²) in [5, 5.41) is 0. The summed E-state index contributed by atoms with van der Waals surface area (Å²) in [5.41, 5.74) is 0.495. The molecule has 0 amide bonds. The van der Waals surface area contributed by atoms with Gasteiger partial charge in [-0.2, -0.15) is 0 Å². The van der Waals surface area contributed by atoms with Crippen molar-refractivity contribution in [3.63, 3.8) is 0 Å². The molecule has 0 saturated heterocycles. The lowest BCUT2D eigenvalue weighted by atomic mass is 10.0. The van der Waals surface area contributed by atoms with Gasteiger partial charge in [0.25, 0.3) is 0 Å². The van der Waals surface area contributed by atoms with Crippen molar-refractivity contribution >= 4 is 5.97 Å². The molecule has 0 saturated carbocycles. The minimum atomic E-state index is -0.250. The first kappa shape index (κ1) is 35.2. The molecule has 0 aromatic carbocycles. The first-order valence-electron chi connectivity index (χ1n) is 16.4. The summed E-state index contributed by atoms with van der Waals surface area (Å²) in [6, 6.07) is 0. The van der Waals surface area contributed by atoms with E-state index in [0.717, 1.165) is 12.3 Å². The lowest BCUT2D eigenvalue weighted by Gasteiger charge is -2.05. The molecule has 0 rings (SSSR count). The third kappa shape index (κ3) is 29.4. The standard InChI is InChI=1S/C34H66O2/c1-32(2)30-28-26-24-22-20-18-16-14-12-10-8-6-5-7-9-11-13-15-17-19-21-23-25-27-29-31-36-34(35)33(3)4/h32H,3,5-31H2,1-2,4H3. The predicted molar refractivity (Wildman–Crippen MR) is 161 cm³/mol. The second kappa shape index (κ2) is 28.8. The number of ether oxygens (including phenoxy) is 1. The largest absolute Gasteiger partial charge is 0.462 e. The number of hydrogen-bond donors (Lipinski definition) is 0. The Bertz CT molecular complexity index is 468. The third-order valence-electron chi connectivity index (χ3n) is 7.51. The molecule has 0 aliphatic rings. The highest BCUT2D eigenvalue weighted by Gasteiger charge is 2.02. The van der Waals surface area contributed by atoms with Crippen molar-refractivity contribution in [1.29, 1.82) is 0 Å². The van der Waals surface area contributed by atoms with E-state index >= 15 is 0 Å². The Morgan fingerprint density at radius 3 is 1.00 bits per heavy atom. The van der Waals surface area contributed by atoms with E-state index < -0.39 is 0 Å². The summed E-state index contributed by atoms with van der Waals surface area (Å²) >= 11 is 0. The van der Waals surface area contributed by atoms with Crippen LogP contribution in [0.3, 0.4) is 0 Å². The van der Waals surface area contributed by atoms with Gasteiger partial charge < -0.3 is 4.74 Å². The van der Waals surface area contributed by atoms with E-state index in [-0.39, 0.29) is 5.97 Å². The molecule has 0 radical (unpaired) electrons. The van der Waals surface area contributed by atoms with Gasteiger partial charge in [-0.05, 0) is 19.3 Å². The van der Waals surface area contributed by atoms with Crippen molar-refractivity contribution < 1.29 is 9.53 Å². The Kier molecular flexibility index (Phi) is 28.1. The quantitative estimate of drug-likeness (QED) is 0.0572. The Hall–Kier alpha value is -0.790. The van der Waals surface area contributed by atoms with Gasteiger partial charge in [0.2, 0.25) is 0 Å². The zero-order chi connectivity index (χ0) is 26.5. The van der Waals surface area contributed by atoms with Gasteiger partial charge in [0, 0.05) is 5.57 Å². The lowest BCUT2D eigenvalue weighted by Crippen LogP contribution is -2.05. The Morgan fingerprint density at radius 2 is 0.750 bits per heavy atom. The fourth-order valence-corrected chi connectivity index (χ4v) is 5.01. The summed E-state index contributed by atoms with van der Waals surface area (Å²) in [6.45, 7) is 10.5. The van der Waals surface area contributed by atoms with Crippen LogP contribution >= 0.6 is 0 Å². The van der Waals surface area contributed by atoms with Crippen LogP contribution in [0.4, 0.5) is 0 Å². The van der Waals surface area contributed by atoms with E-state index in [2.05, 4.69) is 20.4 Å². The molecular weight excluding hydrogens is 440 g/mol. The highest BCUT2D eigenvalue weighted by atomic mass is 16.5. The van der Waals surface area contributed by atoms with Crippen molar-refractivity contribution in [2.75, 3.05) is 6.61 Å². The maximum absolute atomic E-state index is 11.3. The van der Waals surface area contributed by atoms with Crippen LogP contribution in [0.5, 0.6) is 0 Å². The number of carbonyl (C=O) groups is 1. The fourth-order valence-electron chi connectivity index (χ4n) is 5.01. The summed E-state index contributed by atoms with van der Waals surface area (Å²) in [6.07, 6.45) is 36.6. The summed E-state index contributed by atoms with van der Waals surface area (Å²) in [7, 11) is 0. The van der Waals surface area contributed by atoms with Crippen molar-refractivity contribution in [1.82, 2.24) is 0 Å². The maximum atomic E-state index is 11.3. The Labute approximate surface area is 227 Å². The van der Waals surface area contributed by atoms with Gasteiger partial charge in [-0.15, -0.1) is 0 Å². The van der Waals surface area contributed by atoms with E-state index in [1.54, 1.807) is 6.92 Å². The molecule has 0 aromatic rings. The van der Waals surface area contributed by atoms with E-state index in [0.29, 0.717) is 12.2 Å². The monoisotopic (exact) mass is 507 g/mol. The second-order valence-electron chi connectivity index (χ2n) is 11.9. The van der Waals surface area contributed by atoms with Crippen LogP contribution in [0.1, 0.15) is 188 Å². The molecular formula is C34H66O2. The molecule has 214 valence electrons. The van der Waals surface area contributed by atoms with Crippen LogP contribution in [0.15, 0.2) is 12.2 Å². The normalized spacial score (nSPS) is 11.3. The molecule has 0 N–H and O–H groups in total. The molecule has 36 heavy (non-hydrogen) atoms. The molecule has 2 nitrogen and oxygen atoms in total. The molecule has 0 atom stereocenters. The smallest absolute Gasteiger partial charge is 0.333 e. The van der Waals surface area contributed by atoms with E-state index in [4.69, 9.17) is 4.74 Å². The van der Waals surface area contributed by atoms with Crippen molar-refractivity contribution in [2.45, 2.75) is 188 Å². The average Bonchev–Trinajstić information content (AvgIpc) is 2.85. The van der Waals surface area contributed by atoms with Crippen molar-refractivity contribution in [2.24, 2.45) is 5.92 Å². The van der Waals surface area contributed by atoms with E-state index in [1.165, 1.54) is 161 Å². The van der Waals surface area contributed by atoms with Crippen molar-refractivity contribution in [3.8, 4) is 0 Å². The molecule has 0 aromatic heterocycles. The van der Waals surface area contributed by atoms with Crippen LogP contribution in [-0.2, 0) is 9.53 Å². The zero-order valence-electron chi connectivity index (χ0n) is 25.2. The molecule has 0 aliphatic carbocycles. The predicted octanol–water partition coefficient (Wildman–Crippen LogP) is 11.9. The first-order chi connectivity index (χ1) is 17.5. The minimum absolute atomic E-state index is 0.250. The van der Waals surface area contributed by atoms with Crippen LogP contribution in [0.25, 0.3) is 0 Å². The van der Waals surface area contributed by atoms with Gasteiger partial charge in [-0.3, -0.25) is 0 Å². The van der Waals surface area contributed by atoms with Gasteiger partial charge in [0.15, 0.2) is 0 Å². The maximum Gasteiger partial charge on any atom is 0.333 e. The molecule has 0 spiro atoms. The summed E-state index contributed by atoms with van der Waals surface area (Å²) in [5.74, 6) is 0.637. The van der Waals surface area contributed by atoms with Crippen LogP contribution in [0, 0.1) is 5.92 Å². The van der Waals surface area contributed by atoms with Crippen LogP contribution < -0.4 is 0 Å².